The van der Waals surface area contributed by atoms with E-state index in [0.717, 1.165) is 0 Å². The van der Waals surface area contributed by atoms with Crippen LogP contribution in [0.25, 0.3) is 0 Å². The highest BCUT2D eigenvalue weighted by Crippen LogP contribution is 2.39. The Bertz CT molecular complexity index is 671. The summed E-state index contributed by atoms with van der Waals surface area (Å²) in [6.07, 6.45) is -5.36. The number of hydrogen-bond donors (Lipinski definition) is 4. The van der Waals surface area contributed by atoms with Crippen molar-refractivity contribution in [2.45, 2.75) is 95.9 Å². The second-order valence-corrected chi connectivity index (χ2v) is 10.2. The van der Waals surface area contributed by atoms with Gasteiger partial charge in [0.15, 0.2) is 5.96 Å². The van der Waals surface area contributed by atoms with Crippen LogP contribution in [0.3, 0.4) is 0 Å². The van der Waals surface area contributed by atoms with Crippen LogP contribution >= 0.6 is 0 Å². The lowest BCUT2D eigenvalue weighted by molar-refractivity contribution is -0.184. The van der Waals surface area contributed by atoms with Crippen molar-refractivity contribution in [2.24, 2.45) is 28.7 Å². The highest BCUT2D eigenvalue weighted by Gasteiger charge is 2.43. The molecule has 1 amide bonds. The first kappa shape index (κ1) is 26.1. The molecular formula is C22H36F5N5O. The molecule has 11 heteroatoms. The number of aliphatic imine (C=N–C) groups is 1. The van der Waals surface area contributed by atoms with E-state index in [4.69, 9.17) is 0 Å². The number of hydrazine groups is 1. The van der Waals surface area contributed by atoms with Crippen LogP contribution in [0.15, 0.2) is 4.99 Å². The van der Waals surface area contributed by atoms with Crippen LogP contribution in [0.2, 0.25) is 0 Å². The molecule has 0 bridgehead atoms. The maximum absolute atomic E-state index is 13.8. The van der Waals surface area contributed by atoms with E-state index in [1.54, 1.807) is 0 Å². The number of hydrogen-bond acceptors (Lipinski definition) is 4. The number of nitrogens with one attached hydrogen (secondary N) is 4. The zero-order valence-corrected chi connectivity index (χ0v) is 19.2. The molecule has 190 valence electrons. The van der Waals surface area contributed by atoms with Gasteiger partial charge >= 0.3 is 6.18 Å². The van der Waals surface area contributed by atoms with Gasteiger partial charge in [0.2, 0.25) is 5.91 Å². The molecule has 4 unspecified atom stereocenters. The molecule has 0 spiro atoms. The number of rotatable bonds is 5. The highest BCUT2D eigenvalue weighted by molar-refractivity contribution is 5.98. The third-order valence-electron chi connectivity index (χ3n) is 6.86. The fourth-order valence-corrected chi connectivity index (χ4v) is 5.00. The minimum atomic E-state index is -4.22. The smallest absolute Gasteiger partial charge is 0.339 e. The molecule has 1 saturated heterocycles. The average molecular weight is 482 g/mol. The summed E-state index contributed by atoms with van der Waals surface area (Å²) in [5.41, 5.74) is 6.17. The second kappa shape index (κ2) is 11.3. The maximum Gasteiger partial charge on any atom is 0.391 e. The minimum absolute atomic E-state index is 0.0404. The van der Waals surface area contributed by atoms with Crippen LogP contribution in [-0.4, -0.2) is 49.1 Å². The molecule has 3 fully saturated rings. The molecule has 0 aromatic rings. The zero-order valence-electron chi connectivity index (χ0n) is 19.2. The Balaban J connectivity index is 1.54. The van der Waals surface area contributed by atoms with Gasteiger partial charge in [0.1, 0.15) is 12.3 Å². The maximum atomic E-state index is 13.8. The van der Waals surface area contributed by atoms with Gasteiger partial charge in [0, 0.05) is 24.9 Å². The molecular weight excluding hydrogens is 445 g/mol. The van der Waals surface area contributed by atoms with Gasteiger partial charge < -0.3 is 5.32 Å². The molecule has 4 N–H and O–H groups in total. The van der Waals surface area contributed by atoms with Crippen LogP contribution in [0.1, 0.15) is 65.2 Å². The molecule has 3 rings (SSSR count). The summed E-state index contributed by atoms with van der Waals surface area (Å²) in [4.78, 5) is 17.2. The largest absolute Gasteiger partial charge is 0.391 e. The predicted octanol–water partition coefficient (Wildman–Crippen LogP) is 3.74. The van der Waals surface area contributed by atoms with Gasteiger partial charge in [-0.2, -0.15) is 13.2 Å². The van der Waals surface area contributed by atoms with Gasteiger partial charge in [-0.05, 0) is 56.8 Å². The summed E-state index contributed by atoms with van der Waals surface area (Å²) in [7, 11) is 0. The van der Waals surface area contributed by atoms with Crippen LogP contribution in [0.4, 0.5) is 22.0 Å². The molecule has 6 nitrogen and oxygen atoms in total. The third kappa shape index (κ3) is 7.77. The monoisotopic (exact) mass is 481 g/mol. The minimum Gasteiger partial charge on any atom is -0.339 e. The van der Waals surface area contributed by atoms with Gasteiger partial charge in [-0.15, -0.1) is 0 Å². The first-order valence-electron chi connectivity index (χ1n) is 12.0. The summed E-state index contributed by atoms with van der Waals surface area (Å²) >= 11 is 0. The third-order valence-corrected chi connectivity index (χ3v) is 6.86. The Morgan fingerprint density at radius 1 is 1.00 bits per heavy atom. The van der Waals surface area contributed by atoms with Crippen LogP contribution in [0, 0.1) is 23.7 Å². The van der Waals surface area contributed by atoms with Gasteiger partial charge in [0.05, 0.1) is 12.1 Å². The Hall–Kier alpha value is -1.49. The normalized spacial score (nSPS) is 36.1. The fourth-order valence-electron chi connectivity index (χ4n) is 5.00. The molecule has 1 aliphatic heterocycles. The molecule has 3 aliphatic rings. The van der Waals surface area contributed by atoms with Crippen molar-refractivity contribution in [3.05, 3.63) is 0 Å². The summed E-state index contributed by atoms with van der Waals surface area (Å²) in [6, 6.07) is -0.112. The summed E-state index contributed by atoms with van der Waals surface area (Å²) in [6.45, 7) is 4.43. The van der Waals surface area contributed by atoms with E-state index in [-0.39, 0.29) is 68.0 Å². The Kier molecular flexibility index (Phi) is 8.94. The molecule has 0 aromatic carbocycles. The SMILES string of the molecule is CC(C)CN=C(NC(=O)C1CCC(C(F)(F)F)CC1)NC1CC(C2CC(F)CC(F)C2)NN1. The molecule has 2 saturated carbocycles. The number of carbonyl (C=O) groups excluding carboxylic acids is 1. The Labute approximate surface area is 191 Å². The van der Waals surface area contributed by atoms with Crippen LogP contribution in [-0.2, 0) is 4.79 Å². The lowest BCUT2D eigenvalue weighted by atomic mass is 9.81. The Morgan fingerprint density at radius 2 is 1.64 bits per heavy atom. The van der Waals surface area contributed by atoms with Gasteiger partial charge in [-0.25, -0.2) is 14.2 Å². The quantitative estimate of drug-likeness (QED) is 0.274. The first-order chi connectivity index (χ1) is 15.5. The van der Waals surface area contributed by atoms with E-state index in [1.165, 1.54) is 0 Å². The van der Waals surface area contributed by atoms with Crippen molar-refractivity contribution in [1.82, 2.24) is 21.5 Å². The van der Waals surface area contributed by atoms with E-state index in [0.29, 0.717) is 25.8 Å². The lowest BCUT2D eigenvalue weighted by Crippen LogP contribution is -2.52. The van der Waals surface area contributed by atoms with Crippen LogP contribution in [0.5, 0.6) is 0 Å². The predicted molar refractivity (Wildman–Crippen MR) is 116 cm³/mol. The molecule has 33 heavy (non-hydrogen) atoms. The Morgan fingerprint density at radius 3 is 2.21 bits per heavy atom. The van der Waals surface area contributed by atoms with E-state index in [1.807, 2.05) is 13.8 Å². The van der Waals surface area contributed by atoms with E-state index < -0.39 is 30.4 Å². The van der Waals surface area contributed by atoms with Crippen molar-refractivity contribution >= 4 is 11.9 Å². The van der Waals surface area contributed by atoms with Crippen molar-refractivity contribution in [2.75, 3.05) is 6.54 Å². The van der Waals surface area contributed by atoms with E-state index >= 15 is 0 Å². The van der Waals surface area contributed by atoms with Crippen LogP contribution < -0.4 is 21.5 Å². The summed E-state index contributed by atoms with van der Waals surface area (Å²) in [5, 5.41) is 5.90. The number of nitrogens with zero attached hydrogens (tertiary/aromatic N) is 1. The molecule has 0 aromatic heterocycles. The standard InChI is InChI=1S/C22H36F5N5O/c1-12(2)11-28-21(30-20(33)13-3-5-15(6-4-13)22(25,26)27)29-19-10-18(31-32-19)14-7-16(23)9-17(24)8-14/h12-19,31-32H,3-11H2,1-2H3,(H2,28,29,30,33). The molecule has 0 radical (unpaired) electrons. The van der Waals surface area contributed by atoms with Crippen molar-refractivity contribution in [3.8, 4) is 0 Å². The molecule has 4 atom stereocenters. The first-order valence-corrected chi connectivity index (χ1v) is 12.0. The van der Waals surface area contributed by atoms with Gasteiger partial charge in [-0.1, -0.05) is 13.8 Å². The number of amides is 1. The highest BCUT2D eigenvalue weighted by atomic mass is 19.4. The number of alkyl halides is 5. The molecule has 2 aliphatic carbocycles. The number of carbonyl (C=O) groups is 1. The van der Waals surface area contributed by atoms with E-state index in [9.17, 15) is 26.7 Å². The average Bonchev–Trinajstić information content (AvgIpc) is 3.19. The summed E-state index contributed by atoms with van der Waals surface area (Å²) in [5.74, 6) is -1.77. The van der Waals surface area contributed by atoms with Gasteiger partial charge in [0.25, 0.3) is 0 Å². The lowest BCUT2D eigenvalue weighted by Gasteiger charge is -2.31. The molecule has 1 heterocycles. The topological polar surface area (TPSA) is 77.5 Å². The number of halogens is 5. The fraction of sp³-hybridized carbons (Fsp3) is 0.909. The zero-order chi connectivity index (χ0) is 24.2. The van der Waals surface area contributed by atoms with Crippen molar-refractivity contribution < 1.29 is 26.7 Å². The second-order valence-electron chi connectivity index (χ2n) is 10.2. The van der Waals surface area contributed by atoms with Crippen molar-refractivity contribution in [3.63, 3.8) is 0 Å². The number of guanidine groups is 1. The van der Waals surface area contributed by atoms with E-state index in [2.05, 4.69) is 26.5 Å². The summed E-state index contributed by atoms with van der Waals surface area (Å²) < 4.78 is 66.3. The van der Waals surface area contributed by atoms with Crippen molar-refractivity contribution in [1.29, 1.82) is 0 Å². The van der Waals surface area contributed by atoms with Gasteiger partial charge in [-0.3, -0.25) is 20.5 Å².